The van der Waals surface area contributed by atoms with Gasteiger partial charge in [0.25, 0.3) is 0 Å². The molecule has 7 heteroatoms. The number of rotatable bonds is 6. The molecule has 1 unspecified atom stereocenters. The summed E-state index contributed by atoms with van der Waals surface area (Å²) in [5.41, 5.74) is 4.15. The predicted octanol–water partition coefficient (Wildman–Crippen LogP) is 2.05. The first-order valence-electron chi connectivity index (χ1n) is 9.94. The van der Waals surface area contributed by atoms with Crippen LogP contribution in [0.15, 0.2) is 48.5 Å². The number of fused-ring (bicyclic) bond motifs is 1. The van der Waals surface area contributed by atoms with Gasteiger partial charge >= 0.3 is 0 Å². The fourth-order valence-corrected chi connectivity index (χ4v) is 4.20. The molecular formula is C23H30N2O3S2. The van der Waals surface area contributed by atoms with Crippen LogP contribution in [0.1, 0.15) is 34.7 Å². The molecular weight excluding hydrogens is 416 g/mol. The molecule has 0 spiro atoms. The molecule has 2 aliphatic rings. The summed E-state index contributed by atoms with van der Waals surface area (Å²) in [6.07, 6.45) is 1.80. The van der Waals surface area contributed by atoms with Gasteiger partial charge in [0.15, 0.2) is 0 Å². The number of Topliss-reactive ketones (excluding diaryl/α,β-unsaturated/α-hetero) is 1. The van der Waals surface area contributed by atoms with Gasteiger partial charge in [-0.05, 0) is 28.7 Å². The number of hydrogen-bond donors (Lipinski definition) is 2. The van der Waals surface area contributed by atoms with Gasteiger partial charge < -0.3 is 10.4 Å². The summed E-state index contributed by atoms with van der Waals surface area (Å²) in [5, 5.41) is 13.0. The van der Waals surface area contributed by atoms with Crippen LogP contribution in [0.3, 0.4) is 0 Å². The number of aliphatic hydroxyl groups excluding tert-OH is 1. The Morgan fingerprint density at radius 3 is 2.53 bits per heavy atom. The van der Waals surface area contributed by atoms with E-state index in [1.807, 2.05) is 48.5 Å². The minimum atomic E-state index is -0.277. The van der Waals surface area contributed by atoms with Crippen molar-refractivity contribution in [2.24, 2.45) is 0 Å². The monoisotopic (exact) mass is 446 g/mol. The quantitative estimate of drug-likeness (QED) is 0.713. The first-order valence-corrected chi connectivity index (χ1v) is 9.94. The van der Waals surface area contributed by atoms with E-state index in [4.69, 9.17) is 0 Å². The van der Waals surface area contributed by atoms with E-state index in [0.717, 1.165) is 35.2 Å². The third kappa shape index (κ3) is 6.11. The molecule has 0 radical (unpaired) electrons. The number of carbonyl (C=O) groups is 2. The highest BCUT2D eigenvalue weighted by atomic mass is 32.1. The molecule has 1 aliphatic carbocycles. The van der Waals surface area contributed by atoms with Gasteiger partial charge in [0, 0.05) is 32.5 Å². The smallest absolute Gasteiger partial charge is 0.224 e. The second kappa shape index (κ2) is 11.0. The molecule has 162 valence electrons. The lowest BCUT2D eigenvalue weighted by Gasteiger charge is -2.25. The molecule has 1 fully saturated rings. The number of β-amino-alcohol motifs (C(OH)–C–C–N with tert-alkyl or cyclic N) is 1. The van der Waals surface area contributed by atoms with Crippen LogP contribution < -0.4 is 5.32 Å². The Balaban J connectivity index is 0.00000160. The van der Waals surface area contributed by atoms with Crippen LogP contribution in [0.4, 0.5) is 0 Å². The van der Waals surface area contributed by atoms with Crippen LogP contribution in [0.5, 0.6) is 0 Å². The molecule has 1 heterocycles. The van der Waals surface area contributed by atoms with Crippen molar-refractivity contribution in [1.82, 2.24) is 10.2 Å². The zero-order valence-electron chi connectivity index (χ0n) is 16.9. The Morgan fingerprint density at radius 1 is 1.10 bits per heavy atom. The van der Waals surface area contributed by atoms with Gasteiger partial charge in [-0.2, -0.15) is 27.0 Å². The zero-order valence-corrected chi connectivity index (χ0v) is 18.9. The van der Waals surface area contributed by atoms with Crippen LogP contribution in [0, 0.1) is 0 Å². The molecule has 2 N–H and O–H groups in total. The van der Waals surface area contributed by atoms with E-state index in [1.165, 1.54) is 0 Å². The molecule has 2 aromatic carbocycles. The van der Waals surface area contributed by atoms with Gasteiger partial charge in [0.1, 0.15) is 5.78 Å². The van der Waals surface area contributed by atoms with E-state index < -0.39 is 0 Å². The van der Waals surface area contributed by atoms with Crippen molar-refractivity contribution in [3.63, 3.8) is 0 Å². The summed E-state index contributed by atoms with van der Waals surface area (Å²) in [4.78, 5) is 26.6. The number of hydrogen-bond acceptors (Lipinski definition) is 4. The Kier molecular flexibility index (Phi) is 8.97. The summed E-state index contributed by atoms with van der Waals surface area (Å²) in [6.45, 7) is 2.18. The molecule has 1 aliphatic heterocycles. The largest absolute Gasteiger partial charge is 0.392 e. The van der Waals surface area contributed by atoms with Crippen molar-refractivity contribution in [2.45, 2.75) is 37.8 Å². The maximum absolute atomic E-state index is 12.8. The standard InChI is InChI=1S/C23H26N2O3.2H2S/c26-20-8-9-25(14-20)15-22(17-4-2-1-3-5-17)24-23(28)11-16-6-7-18-12-21(27)13-19(18)10-16;;/h1-7,10,20,22,26H,8-9,11-15H2,(H,24,28);2*1H2/t20-,22?;;/m0../s1. The molecule has 0 aromatic heterocycles. The van der Waals surface area contributed by atoms with Gasteiger partial charge in [-0.3, -0.25) is 14.5 Å². The summed E-state index contributed by atoms with van der Waals surface area (Å²) in [7, 11) is 0. The molecule has 2 aromatic rings. The third-order valence-corrected chi connectivity index (χ3v) is 5.64. The molecule has 0 saturated carbocycles. The maximum atomic E-state index is 12.8. The van der Waals surface area contributed by atoms with Gasteiger partial charge in [0.2, 0.25) is 5.91 Å². The Labute approximate surface area is 191 Å². The van der Waals surface area contributed by atoms with E-state index >= 15 is 0 Å². The van der Waals surface area contributed by atoms with Gasteiger partial charge in [0.05, 0.1) is 18.6 Å². The average Bonchev–Trinajstić information content (AvgIpc) is 3.25. The lowest BCUT2D eigenvalue weighted by atomic mass is 10.0. The topological polar surface area (TPSA) is 69.6 Å². The molecule has 0 bridgehead atoms. The summed E-state index contributed by atoms with van der Waals surface area (Å²) >= 11 is 0. The Morgan fingerprint density at radius 2 is 1.83 bits per heavy atom. The molecule has 2 atom stereocenters. The van der Waals surface area contributed by atoms with Crippen LogP contribution in [0.2, 0.25) is 0 Å². The second-order valence-corrected chi connectivity index (χ2v) is 7.90. The van der Waals surface area contributed by atoms with Crippen LogP contribution in [-0.2, 0) is 28.9 Å². The molecule has 4 rings (SSSR count). The number of amides is 1. The van der Waals surface area contributed by atoms with E-state index in [9.17, 15) is 14.7 Å². The first-order chi connectivity index (χ1) is 13.6. The van der Waals surface area contributed by atoms with Crippen molar-refractivity contribution < 1.29 is 14.7 Å². The first kappa shape index (κ1) is 24.5. The summed E-state index contributed by atoms with van der Waals surface area (Å²) in [5.74, 6) is 0.214. The number of aliphatic hydroxyl groups is 1. The lowest BCUT2D eigenvalue weighted by molar-refractivity contribution is -0.121. The minimum absolute atomic E-state index is 0. The fourth-order valence-electron chi connectivity index (χ4n) is 4.20. The molecule has 30 heavy (non-hydrogen) atoms. The van der Waals surface area contributed by atoms with Crippen LogP contribution in [-0.4, -0.2) is 47.4 Å². The summed E-state index contributed by atoms with van der Waals surface area (Å²) in [6, 6.07) is 15.8. The van der Waals surface area contributed by atoms with E-state index in [1.54, 1.807) is 0 Å². The zero-order chi connectivity index (χ0) is 19.5. The number of nitrogens with zero attached hydrogens (tertiary/aromatic N) is 1. The van der Waals surface area contributed by atoms with Crippen molar-refractivity contribution in [3.05, 3.63) is 70.8 Å². The normalized spacial score (nSPS) is 18.8. The van der Waals surface area contributed by atoms with Crippen LogP contribution in [0.25, 0.3) is 0 Å². The van der Waals surface area contributed by atoms with Gasteiger partial charge in [-0.1, -0.05) is 48.5 Å². The van der Waals surface area contributed by atoms with Crippen LogP contribution >= 0.6 is 27.0 Å². The minimum Gasteiger partial charge on any atom is -0.392 e. The molecule has 1 amide bonds. The van der Waals surface area contributed by atoms with E-state index in [2.05, 4.69) is 10.2 Å². The number of likely N-dealkylation sites (tertiary alicyclic amines) is 1. The molecule has 1 saturated heterocycles. The van der Waals surface area contributed by atoms with Crippen molar-refractivity contribution >= 4 is 38.7 Å². The third-order valence-electron chi connectivity index (χ3n) is 5.64. The highest BCUT2D eigenvalue weighted by Gasteiger charge is 2.25. The van der Waals surface area contributed by atoms with Crippen molar-refractivity contribution in [1.29, 1.82) is 0 Å². The number of ketones is 1. The average molecular weight is 447 g/mol. The highest BCUT2D eigenvalue weighted by molar-refractivity contribution is 7.59. The SMILES string of the molecule is O=C1Cc2ccc(CC(=O)NC(CN3CC[C@H](O)C3)c3ccccc3)cc2C1.S.S. The van der Waals surface area contributed by atoms with Crippen molar-refractivity contribution in [2.75, 3.05) is 19.6 Å². The lowest BCUT2D eigenvalue weighted by Crippen LogP contribution is -2.38. The Bertz CT molecular complexity index is 876. The number of benzene rings is 2. The van der Waals surface area contributed by atoms with Gasteiger partial charge in [-0.25, -0.2) is 0 Å². The highest BCUT2D eigenvalue weighted by Crippen LogP contribution is 2.22. The summed E-state index contributed by atoms with van der Waals surface area (Å²) < 4.78 is 0. The Hall–Kier alpha value is -1.80. The number of nitrogens with one attached hydrogen (secondary N) is 1. The number of carbonyl (C=O) groups excluding carboxylic acids is 2. The molecule has 5 nitrogen and oxygen atoms in total. The predicted molar refractivity (Wildman–Crippen MR) is 128 cm³/mol. The maximum Gasteiger partial charge on any atom is 0.224 e. The van der Waals surface area contributed by atoms with Gasteiger partial charge in [-0.15, -0.1) is 0 Å². The van der Waals surface area contributed by atoms with E-state index in [0.29, 0.717) is 32.4 Å². The second-order valence-electron chi connectivity index (χ2n) is 7.90. The van der Waals surface area contributed by atoms with E-state index in [-0.39, 0.29) is 50.8 Å². The fraction of sp³-hybridized carbons (Fsp3) is 0.391. The van der Waals surface area contributed by atoms with Crippen molar-refractivity contribution in [3.8, 4) is 0 Å².